The van der Waals surface area contributed by atoms with Crippen molar-refractivity contribution in [1.29, 1.82) is 0 Å². The standard InChI is InChI=1S/C16H21N3O/c1-10-6-5-9-12-13(10)14(11-7-3-2-4-8-11)19-15(17)16(20)18-12/h5-6,9,11,15H,2-4,7-8,17H2,1H3,(H,18,20). The van der Waals surface area contributed by atoms with Crippen molar-refractivity contribution in [2.24, 2.45) is 16.6 Å². The molecule has 1 saturated carbocycles. The SMILES string of the molecule is Cc1cccc2c1C(C1CCCCC1)=NC(N)C(=O)N2. The Morgan fingerprint density at radius 2 is 2.00 bits per heavy atom. The summed E-state index contributed by atoms with van der Waals surface area (Å²) in [5.74, 6) is 0.213. The van der Waals surface area contributed by atoms with Gasteiger partial charge < -0.3 is 11.1 Å². The first kappa shape index (κ1) is 13.3. The third kappa shape index (κ3) is 2.36. The van der Waals surface area contributed by atoms with E-state index < -0.39 is 6.17 Å². The van der Waals surface area contributed by atoms with E-state index in [9.17, 15) is 4.79 Å². The molecule has 1 fully saturated rings. The van der Waals surface area contributed by atoms with Crippen molar-refractivity contribution in [3.8, 4) is 0 Å². The zero-order valence-corrected chi connectivity index (χ0v) is 11.9. The van der Waals surface area contributed by atoms with Crippen LogP contribution in [-0.2, 0) is 4.79 Å². The number of rotatable bonds is 1. The maximum absolute atomic E-state index is 12.0. The second-order valence-electron chi connectivity index (χ2n) is 5.78. The zero-order chi connectivity index (χ0) is 14.1. The van der Waals surface area contributed by atoms with Crippen LogP contribution in [-0.4, -0.2) is 17.8 Å². The van der Waals surface area contributed by atoms with Crippen LogP contribution >= 0.6 is 0 Å². The van der Waals surface area contributed by atoms with Gasteiger partial charge in [0.2, 0.25) is 0 Å². The number of carbonyl (C=O) groups excluding carboxylic acids is 1. The van der Waals surface area contributed by atoms with E-state index in [1.165, 1.54) is 19.3 Å². The highest BCUT2D eigenvalue weighted by molar-refractivity contribution is 6.13. The van der Waals surface area contributed by atoms with Crippen LogP contribution in [0.2, 0.25) is 0 Å². The van der Waals surface area contributed by atoms with E-state index >= 15 is 0 Å². The summed E-state index contributed by atoms with van der Waals surface area (Å²) in [5, 5.41) is 2.90. The number of amides is 1. The Morgan fingerprint density at radius 3 is 2.75 bits per heavy atom. The Hall–Kier alpha value is -1.68. The Bertz CT molecular complexity index is 559. The van der Waals surface area contributed by atoms with E-state index in [2.05, 4.69) is 23.3 Å². The van der Waals surface area contributed by atoms with Crippen molar-refractivity contribution < 1.29 is 4.79 Å². The van der Waals surface area contributed by atoms with Gasteiger partial charge >= 0.3 is 0 Å². The Morgan fingerprint density at radius 1 is 1.25 bits per heavy atom. The maximum Gasteiger partial charge on any atom is 0.263 e. The molecule has 4 nitrogen and oxygen atoms in total. The summed E-state index contributed by atoms with van der Waals surface area (Å²) in [5.41, 5.74) is 10.0. The molecular formula is C16H21N3O. The van der Waals surface area contributed by atoms with Gasteiger partial charge in [0.25, 0.3) is 5.91 Å². The minimum atomic E-state index is -0.793. The van der Waals surface area contributed by atoms with Crippen molar-refractivity contribution in [2.45, 2.75) is 45.2 Å². The lowest BCUT2D eigenvalue weighted by Gasteiger charge is -2.25. The third-order valence-corrected chi connectivity index (χ3v) is 4.33. The summed E-state index contributed by atoms with van der Waals surface area (Å²) in [6.45, 7) is 2.07. The molecule has 0 radical (unpaired) electrons. The summed E-state index contributed by atoms with van der Waals surface area (Å²) >= 11 is 0. The van der Waals surface area contributed by atoms with E-state index in [0.29, 0.717) is 5.92 Å². The molecule has 1 aliphatic carbocycles. The van der Waals surface area contributed by atoms with Crippen molar-refractivity contribution in [2.75, 3.05) is 5.32 Å². The molecule has 0 aromatic heterocycles. The van der Waals surface area contributed by atoms with Crippen LogP contribution in [0.15, 0.2) is 23.2 Å². The molecule has 4 heteroatoms. The lowest BCUT2D eigenvalue weighted by molar-refractivity contribution is -0.117. The lowest BCUT2D eigenvalue weighted by atomic mass is 9.82. The number of hydrogen-bond acceptors (Lipinski definition) is 3. The van der Waals surface area contributed by atoms with Gasteiger partial charge in [-0.2, -0.15) is 0 Å². The molecule has 0 bridgehead atoms. The molecule has 1 aliphatic heterocycles. The van der Waals surface area contributed by atoms with Gasteiger partial charge in [0.15, 0.2) is 6.17 Å². The highest BCUT2D eigenvalue weighted by atomic mass is 16.2. The van der Waals surface area contributed by atoms with Crippen LogP contribution in [0.5, 0.6) is 0 Å². The second-order valence-corrected chi connectivity index (χ2v) is 5.78. The number of nitrogens with one attached hydrogen (secondary N) is 1. The lowest BCUT2D eigenvalue weighted by Crippen LogP contribution is -2.33. The number of aliphatic imine (C=N–C) groups is 1. The van der Waals surface area contributed by atoms with Gasteiger partial charge in [0.05, 0.1) is 11.4 Å². The molecule has 1 unspecified atom stereocenters. The van der Waals surface area contributed by atoms with E-state index in [-0.39, 0.29) is 5.91 Å². The number of hydrogen-bond donors (Lipinski definition) is 2. The van der Waals surface area contributed by atoms with Gasteiger partial charge in [0.1, 0.15) is 0 Å². The molecule has 1 amide bonds. The van der Waals surface area contributed by atoms with Crippen LogP contribution in [0.3, 0.4) is 0 Å². The molecule has 3 rings (SSSR count). The van der Waals surface area contributed by atoms with Gasteiger partial charge in [-0.1, -0.05) is 31.4 Å². The number of fused-ring (bicyclic) bond motifs is 1. The average molecular weight is 271 g/mol. The van der Waals surface area contributed by atoms with Gasteiger partial charge in [-0.3, -0.25) is 9.79 Å². The fraction of sp³-hybridized carbons (Fsp3) is 0.500. The van der Waals surface area contributed by atoms with Crippen LogP contribution in [0.4, 0.5) is 5.69 Å². The topological polar surface area (TPSA) is 67.5 Å². The van der Waals surface area contributed by atoms with Gasteiger partial charge in [0, 0.05) is 11.5 Å². The Balaban J connectivity index is 2.10. The number of nitrogens with zero attached hydrogens (tertiary/aromatic N) is 1. The van der Waals surface area contributed by atoms with Gasteiger partial charge in [-0.25, -0.2) is 0 Å². The monoisotopic (exact) mass is 271 g/mol. The fourth-order valence-electron chi connectivity index (χ4n) is 3.28. The van der Waals surface area contributed by atoms with Crippen LogP contribution in [0.1, 0.15) is 43.2 Å². The summed E-state index contributed by atoms with van der Waals surface area (Å²) < 4.78 is 0. The number of aryl methyl sites for hydroxylation is 1. The minimum Gasteiger partial charge on any atom is -0.322 e. The molecule has 1 atom stereocenters. The number of benzene rings is 1. The van der Waals surface area contributed by atoms with Gasteiger partial charge in [-0.05, 0) is 31.4 Å². The first-order chi connectivity index (χ1) is 9.66. The first-order valence-corrected chi connectivity index (χ1v) is 7.41. The number of anilines is 1. The van der Waals surface area contributed by atoms with E-state index in [1.807, 2.05) is 12.1 Å². The number of benzodiazepines with no additional fused rings is 1. The van der Waals surface area contributed by atoms with Crippen molar-refractivity contribution >= 4 is 17.3 Å². The molecule has 1 aromatic carbocycles. The third-order valence-electron chi connectivity index (χ3n) is 4.33. The van der Waals surface area contributed by atoms with Crippen molar-refractivity contribution in [1.82, 2.24) is 0 Å². The van der Waals surface area contributed by atoms with E-state index in [1.54, 1.807) is 0 Å². The molecule has 0 spiro atoms. The van der Waals surface area contributed by atoms with Crippen molar-refractivity contribution in [3.63, 3.8) is 0 Å². The van der Waals surface area contributed by atoms with Crippen LogP contribution < -0.4 is 11.1 Å². The smallest absolute Gasteiger partial charge is 0.263 e. The van der Waals surface area contributed by atoms with Crippen molar-refractivity contribution in [3.05, 3.63) is 29.3 Å². The molecule has 3 N–H and O–H groups in total. The Kier molecular flexibility index (Phi) is 3.57. The molecule has 2 aliphatic rings. The van der Waals surface area contributed by atoms with Crippen LogP contribution in [0.25, 0.3) is 0 Å². The number of carbonyl (C=O) groups is 1. The average Bonchev–Trinajstić information content (AvgIpc) is 2.58. The molecule has 20 heavy (non-hydrogen) atoms. The quantitative estimate of drug-likeness (QED) is 0.824. The molecule has 106 valence electrons. The van der Waals surface area contributed by atoms with E-state index in [0.717, 1.165) is 35.4 Å². The normalized spacial score (nSPS) is 23.6. The summed E-state index contributed by atoms with van der Waals surface area (Å²) in [7, 11) is 0. The predicted molar refractivity (Wildman–Crippen MR) is 80.9 cm³/mol. The molecule has 1 aromatic rings. The zero-order valence-electron chi connectivity index (χ0n) is 11.9. The fourth-order valence-corrected chi connectivity index (χ4v) is 3.28. The molecule has 0 saturated heterocycles. The minimum absolute atomic E-state index is 0.220. The predicted octanol–water partition coefficient (Wildman–Crippen LogP) is 2.60. The Labute approximate surface area is 119 Å². The number of nitrogens with two attached hydrogens (primary N) is 1. The second kappa shape index (κ2) is 5.37. The summed E-state index contributed by atoms with van der Waals surface area (Å²) in [6, 6.07) is 5.97. The summed E-state index contributed by atoms with van der Waals surface area (Å²) in [4.78, 5) is 16.5. The highest BCUT2D eigenvalue weighted by Crippen LogP contribution is 2.33. The van der Waals surface area contributed by atoms with E-state index in [4.69, 9.17) is 5.73 Å². The highest BCUT2D eigenvalue weighted by Gasteiger charge is 2.28. The van der Waals surface area contributed by atoms with Gasteiger partial charge in [-0.15, -0.1) is 0 Å². The van der Waals surface area contributed by atoms with Crippen LogP contribution in [0, 0.1) is 12.8 Å². The molecular weight excluding hydrogens is 250 g/mol. The maximum atomic E-state index is 12.0. The summed E-state index contributed by atoms with van der Waals surface area (Å²) in [6.07, 6.45) is 5.27. The first-order valence-electron chi connectivity index (χ1n) is 7.41. The molecule has 1 heterocycles. The largest absolute Gasteiger partial charge is 0.322 e.